The van der Waals surface area contributed by atoms with Gasteiger partial charge in [-0.05, 0) is 0 Å². The zero-order valence-electron chi connectivity index (χ0n) is 8.69. The van der Waals surface area contributed by atoms with E-state index in [1.807, 2.05) is 19.2 Å². The van der Waals surface area contributed by atoms with E-state index in [0.717, 1.165) is 31.4 Å². The van der Waals surface area contributed by atoms with Gasteiger partial charge >= 0.3 is 0 Å². The quantitative estimate of drug-likeness (QED) is 0.641. The molecule has 2 radical (unpaired) electrons. The summed E-state index contributed by atoms with van der Waals surface area (Å²) in [6, 6.07) is 0. The van der Waals surface area contributed by atoms with Crippen LogP contribution in [0.25, 0.3) is 0 Å². The summed E-state index contributed by atoms with van der Waals surface area (Å²) in [5.41, 5.74) is 0.612. The predicted molar refractivity (Wildman–Crippen MR) is 61.9 cm³/mol. The number of hydrogen-bond acceptors (Lipinski definition) is 4. The predicted octanol–water partition coefficient (Wildman–Crippen LogP) is 0.800. The zero-order chi connectivity index (χ0) is 10.4. The normalized spacial score (nSPS) is 16.0. The number of hydrogen-bond donors (Lipinski definition) is 0. The fraction of sp³-hybridized carbons (Fsp3) is 0.667. The molecular formula is C9H15BN2OS. The number of anilines is 1. The molecule has 0 spiro atoms. The highest BCUT2D eigenvalue weighted by Gasteiger charge is 2.12. The maximum absolute atomic E-state index is 5.53. The highest BCUT2D eigenvalue weighted by molar-refractivity contribution is 7.14. The Balaban J connectivity index is 0.000000461. The van der Waals surface area contributed by atoms with E-state index < -0.39 is 0 Å². The minimum Gasteiger partial charge on any atom is -0.378 e. The molecule has 0 bridgehead atoms. The first kappa shape index (κ1) is 11.5. The van der Waals surface area contributed by atoms with Crippen molar-refractivity contribution in [3.63, 3.8) is 0 Å². The molecule has 0 aliphatic carbocycles. The molecule has 1 aromatic heterocycles. The smallest absolute Gasteiger partial charge is 0.184 e. The molecule has 0 aromatic carbocycles. The summed E-state index contributed by atoms with van der Waals surface area (Å²) in [5.74, 6) is 0. The lowest BCUT2D eigenvalue weighted by Gasteiger charge is -2.26. The van der Waals surface area contributed by atoms with Crippen molar-refractivity contribution >= 4 is 29.9 Å². The van der Waals surface area contributed by atoms with Crippen molar-refractivity contribution in [1.82, 2.24) is 4.98 Å². The third kappa shape index (κ3) is 2.99. The van der Waals surface area contributed by atoms with E-state index in [9.17, 15) is 0 Å². The molecule has 2 rings (SSSR count). The molecule has 1 saturated heterocycles. The average Bonchev–Trinajstić information content (AvgIpc) is 2.69. The molecule has 1 aliphatic rings. The fourth-order valence-electron chi connectivity index (χ4n) is 1.18. The topological polar surface area (TPSA) is 25.4 Å². The fourth-order valence-corrected chi connectivity index (χ4v) is 1.94. The lowest BCUT2D eigenvalue weighted by molar-refractivity contribution is 0.122. The summed E-state index contributed by atoms with van der Waals surface area (Å²) in [6.07, 6.45) is 0. The lowest BCUT2D eigenvalue weighted by Crippen LogP contribution is -2.36. The maximum atomic E-state index is 5.53. The van der Waals surface area contributed by atoms with Gasteiger partial charge in [-0.25, -0.2) is 4.98 Å². The molecule has 0 saturated carbocycles. The first-order valence-electron chi connectivity index (χ1n) is 4.90. The largest absolute Gasteiger partial charge is 0.378 e. The molecular weight excluding hydrogens is 195 g/mol. The molecule has 0 atom stereocenters. The Morgan fingerprint density at radius 3 is 2.57 bits per heavy atom. The highest BCUT2D eigenvalue weighted by atomic mass is 32.1. The Bertz CT molecular complexity index is 261. The number of ether oxygens (including phenoxy) is 1. The molecule has 76 valence electrons. The Kier molecular flexibility index (Phi) is 4.97. The van der Waals surface area contributed by atoms with Crippen LogP contribution in [0.2, 0.25) is 0 Å². The van der Waals surface area contributed by atoms with Crippen molar-refractivity contribution in [2.24, 2.45) is 0 Å². The molecule has 0 amide bonds. The lowest BCUT2D eigenvalue weighted by atomic mass is 10.1. The molecule has 0 unspecified atom stereocenters. The van der Waals surface area contributed by atoms with Crippen molar-refractivity contribution in [3.8, 4) is 0 Å². The molecule has 1 fully saturated rings. The van der Waals surface area contributed by atoms with Gasteiger partial charge in [0, 0.05) is 24.1 Å². The van der Waals surface area contributed by atoms with E-state index in [4.69, 9.17) is 12.6 Å². The van der Waals surface area contributed by atoms with Gasteiger partial charge in [0.15, 0.2) is 5.13 Å². The van der Waals surface area contributed by atoms with Crippen LogP contribution in [0.5, 0.6) is 0 Å². The van der Waals surface area contributed by atoms with Gasteiger partial charge in [-0.3, -0.25) is 0 Å². The van der Waals surface area contributed by atoms with Crippen molar-refractivity contribution in [1.29, 1.82) is 0 Å². The second-order valence-corrected chi connectivity index (χ2v) is 3.49. The van der Waals surface area contributed by atoms with Crippen LogP contribution >= 0.6 is 11.3 Å². The van der Waals surface area contributed by atoms with Gasteiger partial charge in [0.25, 0.3) is 0 Å². The molecule has 0 N–H and O–H groups in total. The van der Waals surface area contributed by atoms with E-state index in [2.05, 4.69) is 9.88 Å². The van der Waals surface area contributed by atoms with Crippen LogP contribution in [0.1, 0.15) is 13.8 Å². The number of thiazole rings is 1. The first-order chi connectivity index (χ1) is 6.86. The third-order valence-electron chi connectivity index (χ3n) is 1.79. The molecule has 1 aromatic rings. The summed E-state index contributed by atoms with van der Waals surface area (Å²) < 4.78 is 5.23. The summed E-state index contributed by atoms with van der Waals surface area (Å²) >= 11 is 1.59. The Morgan fingerprint density at radius 2 is 2.07 bits per heavy atom. The van der Waals surface area contributed by atoms with Gasteiger partial charge in [0.1, 0.15) is 7.85 Å². The van der Waals surface area contributed by atoms with Crippen molar-refractivity contribution in [2.75, 3.05) is 31.2 Å². The Labute approximate surface area is 90.5 Å². The Morgan fingerprint density at radius 1 is 1.43 bits per heavy atom. The summed E-state index contributed by atoms with van der Waals surface area (Å²) in [4.78, 5) is 6.40. The average molecular weight is 210 g/mol. The van der Waals surface area contributed by atoms with Crippen LogP contribution in [0, 0.1) is 0 Å². The number of morpholine rings is 1. The van der Waals surface area contributed by atoms with Gasteiger partial charge in [-0.2, -0.15) is 0 Å². The zero-order valence-corrected chi connectivity index (χ0v) is 9.51. The summed E-state index contributed by atoms with van der Waals surface area (Å²) in [7, 11) is 5.53. The van der Waals surface area contributed by atoms with Crippen LogP contribution in [0.15, 0.2) is 5.38 Å². The van der Waals surface area contributed by atoms with Gasteiger partial charge in [0.2, 0.25) is 0 Å². The number of rotatable bonds is 1. The van der Waals surface area contributed by atoms with Crippen LogP contribution in [-0.4, -0.2) is 39.1 Å². The summed E-state index contributed by atoms with van der Waals surface area (Å²) in [5, 5.41) is 2.88. The van der Waals surface area contributed by atoms with Gasteiger partial charge in [0.05, 0.1) is 13.2 Å². The standard InChI is InChI=1S/C7H9BN2OS.C2H6/c8-6-5-12-7(9-6)10-1-3-11-4-2-10;1-2/h5H,1-4H2;1-2H3. The van der Waals surface area contributed by atoms with Crippen molar-refractivity contribution in [2.45, 2.75) is 13.8 Å². The van der Waals surface area contributed by atoms with E-state index in [1.165, 1.54) is 0 Å². The number of nitrogens with zero attached hydrogens (tertiary/aromatic N) is 2. The van der Waals surface area contributed by atoms with Gasteiger partial charge in [-0.1, -0.05) is 13.8 Å². The summed E-state index contributed by atoms with van der Waals surface area (Å²) in [6.45, 7) is 7.43. The van der Waals surface area contributed by atoms with Crippen molar-refractivity contribution < 1.29 is 4.74 Å². The highest BCUT2D eigenvalue weighted by Crippen LogP contribution is 2.16. The van der Waals surface area contributed by atoms with E-state index in [-0.39, 0.29) is 0 Å². The molecule has 3 nitrogen and oxygen atoms in total. The minimum atomic E-state index is 0.612. The van der Waals surface area contributed by atoms with Gasteiger partial charge < -0.3 is 9.64 Å². The van der Waals surface area contributed by atoms with Crippen LogP contribution in [0.3, 0.4) is 0 Å². The van der Waals surface area contributed by atoms with Crippen LogP contribution in [-0.2, 0) is 4.74 Å². The van der Waals surface area contributed by atoms with Crippen LogP contribution < -0.4 is 10.5 Å². The SMILES string of the molecule is CC.[B]c1csc(N2CCOCC2)n1. The monoisotopic (exact) mass is 210 g/mol. The minimum absolute atomic E-state index is 0.612. The van der Waals surface area contributed by atoms with E-state index in [0.29, 0.717) is 5.59 Å². The number of aromatic nitrogens is 1. The molecule has 1 aliphatic heterocycles. The Hall–Kier alpha value is -0.545. The second kappa shape index (κ2) is 6.04. The van der Waals surface area contributed by atoms with Crippen LogP contribution in [0.4, 0.5) is 5.13 Å². The second-order valence-electron chi connectivity index (χ2n) is 2.65. The maximum Gasteiger partial charge on any atom is 0.184 e. The van der Waals surface area contributed by atoms with Crippen molar-refractivity contribution in [3.05, 3.63) is 5.38 Å². The molecule has 14 heavy (non-hydrogen) atoms. The molecule has 5 heteroatoms. The first-order valence-corrected chi connectivity index (χ1v) is 5.78. The van der Waals surface area contributed by atoms with Gasteiger partial charge in [-0.15, -0.1) is 11.3 Å². The van der Waals surface area contributed by atoms with E-state index in [1.54, 1.807) is 11.3 Å². The third-order valence-corrected chi connectivity index (χ3v) is 2.71. The van der Waals surface area contributed by atoms with E-state index >= 15 is 0 Å². The molecule has 2 heterocycles.